The van der Waals surface area contributed by atoms with Gasteiger partial charge in [0.25, 0.3) is 0 Å². The average Bonchev–Trinajstić information content (AvgIpc) is 1.01. The van der Waals surface area contributed by atoms with Gasteiger partial charge in [0.2, 0.25) is 5.91 Å². The summed E-state index contributed by atoms with van der Waals surface area (Å²) in [7, 11) is 0. The molecule has 4 saturated heterocycles. The van der Waals surface area contributed by atoms with E-state index in [9.17, 15) is 75.7 Å². The van der Waals surface area contributed by atoms with Crippen LogP contribution in [0.3, 0.4) is 0 Å². The monoisotopic (exact) mass is 1440 g/mol. The van der Waals surface area contributed by atoms with Crippen molar-refractivity contribution in [2.75, 3.05) is 39.6 Å². The van der Waals surface area contributed by atoms with Gasteiger partial charge in [-0.05, 0) is 37.0 Å². The van der Waals surface area contributed by atoms with Gasteiger partial charge < -0.3 is 114 Å². The van der Waals surface area contributed by atoms with Crippen LogP contribution in [0.4, 0.5) is 0 Å². The van der Waals surface area contributed by atoms with Crippen LogP contribution in [0.5, 0.6) is 0 Å². The molecule has 0 aromatic heterocycles. The van der Waals surface area contributed by atoms with E-state index in [0.29, 0.717) is 31.1 Å². The summed E-state index contributed by atoms with van der Waals surface area (Å²) in [5, 5.41) is 134. The van der Waals surface area contributed by atoms with Gasteiger partial charge in [0.15, 0.2) is 31.3 Å². The molecule has 0 aromatic carbocycles. The van der Waals surface area contributed by atoms with E-state index in [1.807, 2.05) is 0 Å². The Balaban J connectivity index is 1.52. The molecule has 0 saturated carbocycles. The molecule has 4 heterocycles. The number of aliphatic hydroxyl groups excluding tert-OH is 12. The number of rotatable bonds is 56. The molecule has 1 unspecified atom stereocenters. The van der Waals surface area contributed by atoms with Crippen LogP contribution in [0, 0.1) is 17.8 Å². The van der Waals surface area contributed by atoms with E-state index in [1.165, 1.54) is 96.3 Å². The fraction of sp³-hybridized carbons (Fsp3) is 0.959. The van der Waals surface area contributed by atoms with Gasteiger partial charge in [0.05, 0.1) is 33.0 Å². The molecule has 4 aliphatic heterocycles. The van der Waals surface area contributed by atoms with Crippen LogP contribution in [0.2, 0.25) is 0 Å². The summed E-state index contributed by atoms with van der Waals surface area (Å²) in [6.45, 7) is 9.13. The second-order valence-electron chi connectivity index (χ2n) is 29.9. The highest BCUT2D eigenvalue weighted by atomic mass is 16.8. The first-order valence-electron chi connectivity index (χ1n) is 38.8. The SMILES string of the molecule is CC(C)CCCCCCCCCCCCCC(=O)N[C@H]1[C@H](O[C@H]2[C@@H](OCC(COC(=O)CCCCCCCCCCCC(C)C)OC(=O)CCCCCCCCCCCC(C)C)O[C@H](CO)[C@@H](O)[C@@H]2O)O[C@H](CO[C@H]2O[C@H](CO)[C@H](O)[C@H](O)[C@H]2O[C@@H]2O[C@@H]([C@@H](O)CO)[C@H](O)[C@H]2O)[C@@H](O)[C@@H]1O. The lowest BCUT2D eigenvalue weighted by atomic mass is 9.95. The number of aliphatic hydroxyl groups is 12. The predicted octanol–water partition coefficient (Wildman–Crippen LogP) is 6.48. The summed E-state index contributed by atoms with van der Waals surface area (Å²) >= 11 is 0. The van der Waals surface area contributed by atoms with Crippen LogP contribution < -0.4 is 5.32 Å². The summed E-state index contributed by atoms with van der Waals surface area (Å²) in [6.07, 6.45) is -1.14. The molecule has 4 aliphatic rings. The van der Waals surface area contributed by atoms with Crippen molar-refractivity contribution < 1.29 is 123 Å². The lowest BCUT2D eigenvalue weighted by Crippen LogP contribution is -2.68. The Bertz CT molecular complexity index is 2100. The molecular formula is C74H137NO25. The molecule has 0 bridgehead atoms. The topological polar surface area (TPSA) is 398 Å². The van der Waals surface area contributed by atoms with Gasteiger partial charge in [0, 0.05) is 19.3 Å². The number of carbonyl (C=O) groups excluding carboxylic acids is 3. The molecule has 0 spiro atoms. The minimum atomic E-state index is -1.97. The van der Waals surface area contributed by atoms with Crippen molar-refractivity contribution in [2.24, 2.45) is 17.8 Å². The van der Waals surface area contributed by atoms with Crippen molar-refractivity contribution in [3.8, 4) is 0 Å². The minimum absolute atomic E-state index is 0.00811. The maximum absolute atomic E-state index is 13.9. The molecule has 0 aromatic rings. The Morgan fingerprint density at radius 3 is 1.20 bits per heavy atom. The molecule has 13 N–H and O–H groups in total. The zero-order valence-corrected chi connectivity index (χ0v) is 61.5. The van der Waals surface area contributed by atoms with Gasteiger partial charge in [0.1, 0.15) is 104 Å². The molecule has 4 rings (SSSR count). The van der Waals surface area contributed by atoms with Crippen LogP contribution in [-0.4, -0.2) is 248 Å². The number of nitrogens with one attached hydrogen (secondary N) is 1. The van der Waals surface area contributed by atoms with Crippen molar-refractivity contribution in [2.45, 2.75) is 395 Å². The third kappa shape index (κ3) is 34.0. The van der Waals surface area contributed by atoms with Crippen LogP contribution in [-0.2, 0) is 61.8 Å². The zero-order chi connectivity index (χ0) is 73.4. The third-order valence-electron chi connectivity index (χ3n) is 19.7. The molecule has 588 valence electrons. The molecule has 21 atom stereocenters. The minimum Gasteiger partial charge on any atom is -0.462 e. The third-order valence-corrected chi connectivity index (χ3v) is 19.7. The van der Waals surface area contributed by atoms with E-state index in [-0.39, 0.29) is 19.3 Å². The smallest absolute Gasteiger partial charge is 0.306 e. The number of hydrogen-bond donors (Lipinski definition) is 13. The second-order valence-corrected chi connectivity index (χ2v) is 29.9. The molecule has 26 heteroatoms. The summed E-state index contributed by atoms with van der Waals surface area (Å²) in [5.74, 6) is 0.475. The summed E-state index contributed by atoms with van der Waals surface area (Å²) in [4.78, 5) is 40.7. The first-order chi connectivity index (χ1) is 48.0. The van der Waals surface area contributed by atoms with Crippen molar-refractivity contribution in [1.29, 1.82) is 0 Å². The number of unbranched alkanes of at least 4 members (excludes halogenated alkanes) is 26. The Kier molecular flexibility index (Phi) is 46.6. The van der Waals surface area contributed by atoms with Gasteiger partial charge in [-0.2, -0.15) is 0 Å². The number of ether oxygens (including phenoxy) is 10. The van der Waals surface area contributed by atoms with Gasteiger partial charge >= 0.3 is 11.9 Å². The lowest BCUT2D eigenvalue weighted by molar-refractivity contribution is -0.366. The molecule has 4 fully saturated rings. The van der Waals surface area contributed by atoms with E-state index in [1.54, 1.807) is 0 Å². The van der Waals surface area contributed by atoms with Crippen LogP contribution in [0.25, 0.3) is 0 Å². The first-order valence-corrected chi connectivity index (χ1v) is 38.8. The van der Waals surface area contributed by atoms with Crippen molar-refractivity contribution >= 4 is 17.8 Å². The highest BCUT2D eigenvalue weighted by Crippen LogP contribution is 2.35. The van der Waals surface area contributed by atoms with E-state index in [2.05, 4.69) is 46.9 Å². The van der Waals surface area contributed by atoms with Crippen molar-refractivity contribution in [3.63, 3.8) is 0 Å². The van der Waals surface area contributed by atoms with Crippen molar-refractivity contribution in [3.05, 3.63) is 0 Å². The van der Waals surface area contributed by atoms with E-state index in [4.69, 9.17) is 47.4 Å². The van der Waals surface area contributed by atoms with E-state index in [0.717, 1.165) is 95.8 Å². The quantitative estimate of drug-likeness (QED) is 0.0229. The van der Waals surface area contributed by atoms with Gasteiger partial charge in [-0.1, -0.05) is 228 Å². The van der Waals surface area contributed by atoms with E-state index < -0.39 is 186 Å². The number of carbonyl (C=O) groups is 3. The number of esters is 2. The Morgan fingerprint density at radius 1 is 0.390 bits per heavy atom. The normalized spacial score (nSPS) is 30.1. The lowest BCUT2D eigenvalue weighted by Gasteiger charge is -2.48. The second kappa shape index (κ2) is 51.8. The Hall–Kier alpha value is -2.39. The summed E-state index contributed by atoms with van der Waals surface area (Å²) in [5.41, 5.74) is 0. The van der Waals surface area contributed by atoms with E-state index >= 15 is 0 Å². The average molecular weight is 1440 g/mol. The molecule has 1 amide bonds. The van der Waals surface area contributed by atoms with Crippen LogP contribution >= 0.6 is 0 Å². The van der Waals surface area contributed by atoms with Crippen LogP contribution in [0.1, 0.15) is 266 Å². The predicted molar refractivity (Wildman–Crippen MR) is 370 cm³/mol. The largest absolute Gasteiger partial charge is 0.462 e. The number of hydrogen-bond acceptors (Lipinski definition) is 25. The summed E-state index contributed by atoms with van der Waals surface area (Å²) in [6, 6.07) is -1.63. The maximum Gasteiger partial charge on any atom is 0.306 e. The summed E-state index contributed by atoms with van der Waals surface area (Å²) < 4.78 is 59.7. The maximum atomic E-state index is 13.9. The standard InChI is InChI=1S/C74H137NO25/c1-48(2)36-30-24-18-12-8-7-9-15-21-27-33-39-56(80)75-59-63(86)62(85)55(47-93-74-70(65(88)61(84)54(44-78)96-74)100-72-67(90)66(89)68(98-72)52(79)42-76)97-71(59)99-69-64(87)60(83)53(43-77)95-73(69)92-46-51(94-58(82)41-35-29-23-17-11-14-20-26-32-38-50(5)6)45-91-57(81)40-34-28-22-16-10-13-19-25-31-37-49(3)4/h48-55,59-74,76-79,83-90H,7-47H2,1-6H3,(H,75,80)/t51?,52-,53+,54+,55+,59+,60+,61-,62+,63+,64-,65-,66+,67+,68-,69+,70+,71-,72-,73-,74-/m0/s1. The van der Waals surface area contributed by atoms with Crippen LogP contribution in [0.15, 0.2) is 0 Å². The highest BCUT2D eigenvalue weighted by Gasteiger charge is 2.55. The highest BCUT2D eigenvalue weighted by molar-refractivity contribution is 5.76. The molecule has 100 heavy (non-hydrogen) atoms. The zero-order valence-electron chi connectivity index (χ0n) is 61.5. The molecule has 0 radical (unpaired) electrons. The number of amides is 1. The Morgan fingerprint density at radius 2 is 0.770 bits per heavy atom. The Labute approximate surface area is 596 Å². The fourth-order valence-corrected chi connectivity index (χ4v) is 13.3. The molecule has 26 nitrogen and oxygen atoms in total. The fourth-order valence-electron chi connectivity index (χ4n) is 13.3. The van der Waals surface area contributed by atoms with Gasteiger partial charge in [-0.15, -0.1) is 0 Å². The first kappa shape index (κ1) is 90.0. The van der Waals surface area contributed by atoms with Gasteiger partial charge in [-0.25, -0.2) is 0 Å². The van der Waals surface area contributed by atoms with Gasteiger partial charge in [-0.3, -0.25) is 14.4 Å². The molecule has 0 aliphatic carbocycles. The van der Waals surface area contributed by atoms with Crippen molar-refractivity contribution in [1.82, 2.24) is 5.32 Å². The molecular weight excluding hydrogens is 1300 g/mol.